The van der Waals surface area contributed by atoms with E-state index >= 15 is 0 Å². The maximum absolute atomic E-state index is 2.38. The maximum Gasteiger partial charge on any atom is 0.0541 e. The Balaban J connectivity index is 1.40. The predicted octanol–water partition coefficient (Wildman–Crippen LogP) is 9.74. The molecule has 7 aromatic rings. The van der Waals surface area contributed by atoms with E-state index in [1.807, 2.05) is 11.8 Å². The summed E-state index contributed by atoms with van der Waals surface area (Å²) in [7, 11) is 0. The van der Waals surface area contributed by atoms with Crippen LogP contribution in [0, 0.1) is 0 Å². The Kier molecular flexibility index (Phi) is 4.22. The maximum atomic E-state index is 2.38. The normalized spacial score (nSPS) is 12.3. The van der Waals surface area contributed by atoms with Gasteiger partial charge in [0, 0.05) is 31.6 Å². The first-order valence-electron chi connectivity index (χ1n) is 12.3. The third-order valence-electron chi connectivity index (χ3n) is 7.40. The summed E-state index contributed by atoms with van der Waals surface area (Å²) in [4.78, 5) is 2.67. The Bertz CT molecular complexity index is 1960. The van der Waals surface area contributed by atoms with Gasteiger partial charge in [-0.2, -0.15) is 0 Å². The Hall–Kier alpha value is -4.27. The van der Waals surface area contributed by atoms with Crippen molar-refractivity contribution < 1.29 is 0 Å². The lowest BCUT2D eigenvalue weighted by atomic mass is 9.92. The molecule has 1 aliphatic heterocycles. The molecule has 6 aromatic carbocycles. The minimum absolute atomic E-state index is 1.19. The van der Waals surface area contributed by atoms with Crippen LogP contribution in [0.4, 0.5) is 0 Å². The van der Waals surface area contributed by atoms with Crippen molar-refractivity contribution >= 4 is 44.3 Å². The molecule has 0 unspecified atom stereocenters. The fourth-order valence-electron chi connectivity index (χ4n) is 5.83. The summed E-state index contributed by atoms with van der Waals surface area (Å²) in [6, 6.07) is 46.5. The molecule has 1 aliphatic rings. The first-order valence-corrected chi connectivity index (χ1v) is 13.1. The van der Waals surface area contributed by atoms with Crippen LogP contribution in [-0.4, -0.2) is 4.57 Å². The van der Waals surface area contributed by atoms with Crippen molar-refractivity contribution in [1.29, 1.82) is 0 Å². The van der Waals surface area contributed by atoms with Gasteiger partial charge < -0.3 is 4.57 Å². The van der Waals surface area contributed by atoms with Gasteiger partial charge in [0.05, 0.1) is 11.0 Å². The van der Waals surface area contributed by atoms with Gasteiger partial charge in [0.2, 0.25) is 0 Å². The van der Waals surface area contributed by atoms with Crippen LogP contribution in [0.15, 0.2) is 137 Å². The lowest BCUT2D eigenvalue weighted by molar-refractivity contribution is 1.18. The minimum Gasteiger partial charge on any atom is -0.309 e. The van der Waals surface area contributed by atoms with Gasteiger partial charge in [-0.15, -0.1) is 0 Å². The molecule has 168 valence electrons. The molecule has 36 heavy (non-hydrogen) atoms. The summed E-state index contributed by atoms with van der Waals surface area (Å²) in [6.45, 7) is 0. The lowest BCUT2D eigenvalue weighted by Crippen LogP contribution is -1.94. The minimum atomic E-state index is 1.19. The molecule has 0 bridgehead atoms. The van der Waals surface area contributed by atoms with E-state index in [0.717, 1.165) is 0 Å². The van der Waals surface area contributed by atoms with E-state index in [2.05, 4.69) is 132 Å². The van der Waals surface area contributed by atoms with Crippen molar-refractivity contribution in [3.8, 4) is 27.9 Å². The number of aromatic nitrogens is 1. The Morgan fingerprint density at radius 1 is 0.444 bits per heavy atom. The zero-order valence-corrected chi connectivity index (χ0v) is 20.3. The van der Waals surface area contributed by atoms with Crippen LogP contribution in [0.3, 0.4) is 0 Å². The van der Waals surface area contributed by atoms with E-state index in [9.17, 15) is 0 Å². The number of hydrogen-bond donors (Lipinski definition) is 0. The van der Waals surface area contributed by atoms with Crippen molar-refractivity contribution in [2.24, 2.45) is 0 Å². The number of para-hydroxylation sites is 2. The lowest BCUT2D eigenvalue weighted by Gasteiger charge is -2.21. The summed E-state index contributed by atoms with van der Waals surface area (Å²) in [6.07, 6.45) is 0. The van der Waals surface area contributed by atoms with Gasteiger partial charge >= 0.3 is 0 Å². The monoisotopic (exact) mass is 475 g/mol. The molecule has 0 fully saturated rings. The first kappa shape index (κ1) is 20.0. The molecular formula is C34H21NS. The van der Waals surface area contributed by atoms with Crippen molar-refractivity contribution in [1.82, 2.24) is 4.57 Å². The summed E-state index contributed by atoms with van der Waals surface area (Å²) >= 11 is 1.88. The third-order valence-corrected chi connectivity index (χ3v) is 8.53. The highest BCUT2D eigenvalue weighted by atomic mass is 32.2. The van der Waals surface area contributed by atoms with Gasteiger partial charge in [-0.3, -0.25) is 0 Å². The van der Waals surface area contributed by atoms with Gasteiger partial charge in [0.15, 0.2) is 0 Å². The fraction of sp³-hybridized carbons (Fsp3) is 0. The van der Waals surface area contributed by atoms with Crippen LogP contribution in [0.1, 0.15) is 0 Å². The van der Waals surface area contributed by atoms with Crippen LogP contribution in [0.2, 0.25) is 0 Å². The summed E-state index contributed by atoms with van der Waals surface area (Å²) < 4.78 is 2.37. The van der Waals surface area contributed by atoms with Gasteiger partial charge in [-0.05, 0) is 70.1 Å². The Morgan fingerprint density at radius 3 is 2.14 bits per heavy atom. The van der Waals surface area contributed by atoms with Gasteiger partial charge in [-0.1, -0.05) is 96.7 Å². The SMILES string of the molecule is c1ccc(-n2c3ccccc3c3cc(-c4ccc5c6c(cccc46)-c4ccccc4S5)ccc32)cc1. The standard InChI is InChI=1S/C34H21NS/c1-2-9-23(10-3-1)35-30-15-6-4-11-25(30)29-21-22(17-19-31(29)35)24-18-20-33-34-27(24)13-8-14-28(34)26-12-5-7-16-32(26)36-33/h1-21H. The van der Waals surface area contributed by atoms with Crippen LogP contribution >= 0.6 is 11.8 Å². The van der Waals surface area contributed by atoms with Crippen LogP contribution in [-0.2, 0) is 0 Å². The molecule has 2 heteroatoms. The highest BCUT2D eigenvalue weighted by molar-refractivity contribution is 7.99. The zero-order chi connectivity index (χ0) is 23.6. The molecule has 1 nitrogen and oxygen atoms in total. The number of nitrogens with zero attached hydrogens (tertiary/aromatic N) is 1. The number of hydrogen-bond acceptors (Lipinski definition) is 1. The molecule has 2 heterocycles. The Labute approximate surface area is 213 Å². The van der Waals surface area contributed by atoms with Crippen LogP contribution in [0.5, 0.6) is 0 Å². The summed E-state index contributed by atoms with van der Waals surface area (Å²) in [5, 5.41) is 5.25. The van der Waals surface area contributed by atoms with E-state index in [0.29, 0.717) is 0 Å². The largest absolute Gasteiger partial charge is 0.309 e. The highest BCUT2D eigenvalue weighted by Crippen LogP contribution is 2.49. The second-order valence-electron chi connectivity index (χ2n) is 9.36. The summed E-state index contributed by atoms with van der Waals surface area (Å²) in [5.74, 6) is 0. The smallest absolute Gasteiger partial charge is 0.0541 e. The van der Waals surface area contributed by atoms with E-state index < -0.39 is 0 Å². The topological polar surface area (TPSA) is 4.93 Å². The molecule has 0 spiro atoms. The van der Waals surface area contributed by atoms with Crippen LogP contribution in [0.25, 0.3) is 60.5 Å². The first-order chi connectivity index (χ1) is 17.9. The molecule has 1 aromatic heterocycles. The molecule has 0 radical (unpaired) electrons. The second-order valence-corrected chi connectivity index (χ2v) is 10.4. The molecule has 8 rings (SSSR count). The molecule has 0 atom stereocenters. The highest BCUT2D eigenvalue weighted by Gasteiger charge is 2.21. The number of rotatable bonds is 2. The van der Waals surface area contributed by atoms with Gasteiger partial charge in [0.1, 0.15) is 0 Å². The zero-order valence-electron chi connectivity index (χ0n) is 19.5. The van der Waals surface area contributed by atoms with E-state index in [1.54, 1.807) is 0 Å². The summed E-state index contributed by atoms with van der Waals surface area (Å²) in [5.41, 5.74) is 8.87. The molecular weight excluding hydrogens is 454 g/mol. The molecule has 0 N–H and O–H groups in total. The van der Waals surface area contributed by atoms with Crippen molar-refractivity contribution in [3.05, 3.63) is 127 Å². The quantitative estimate of drug-likeness (QED) is 0.241. The second kappa shape index (κ2) is 7.61. The van der Waals surface area contributed by atoms with Gasteiger partial charge in [-0.25, -0.2) is 0 Å². The van der Waals surface area contributed by atoms with Crippen molar-refractivity contribution in [2.75, 3.05) is 0 Å². The fourth-order valence-corrected chi connectivity index (χ4v) is 6.96. The average molecular weight is 476 g/mol. The molecule has 0 aliphatic carbocycles. The van der Waals surface area contributed by atoms with Crippen LogP contribution < -0.4 is 0 Å². The predicted molar refractivity (Wildman–Crippen MR) is 153 cm³/mol. The average Bonchev–Trinajstić information content (AvgIpc) is 3.28. The van der Waals surface area contributed by atoms with Crippen molar-refractivity contribution in [2.45, 2.75) is 9.79 Å². The molecule has 0 amide bonds. The van der Waals surface area contributed by atoms with Gasteiger partial charge in [0.25, 0.3) is 0 Å². The number of benzene rings is 6. The third kappa shape index (κ3) is 2.79. The van der Waals surface area contributed by atoms with E-state index in [-0.39, 0.29) is 0 Å². The number of fused-ring (bicyclic) bond motifs is 5. The Morgan fingerprint density at radius 2 is 1.19 bits per heavy atom. The van der Waals surface area contributed by atoms with E-state index in [4.69, 9.17) is 0 Å². The molecule has 0 saturated carbocycles. The van der Waals surface area contributed by atoms with E-state index in [1.165, 1.54) is 70.3 Å². The van der Waals surface area contributed by atoms with Crippen molar-refractivity contribution in [3.63, 3.8) is 0 Å². The molecule has 0 saturated heterocycles.